The summed E-state index contributed by atoms with van der Waals surface area (Å²) in [6.45, 7) is 7.30. The van der Waals surface area contributed by atoms with Crippen LogP contribution in [0.5, 0.6) is 5.75 Å². The van der Waals surface area contributed by atoms with E-state index < -0.39 is 10.0 Å². The molecule has 2 aliphatic heterocycles. The molecule has 3 rings (SSSR count). The molecule has 2 heterocycles. The number of amides is 1. The van der Waals surface area contributed by atoms with Crippen molar-refractivity contribution in [2.24, 2.45) is 11.8 Å². The molecular formula is C22H33N5O4S. The fourth-order valence-electron chi connectivity index (χ4n) is 4.79. The molecule has 0 spiro atoms. The molecule has 2 saturated heterocycles. The van der Waals surface area contributed by atoms with E-state index in [4.69, 9.17) is 10.00 Å². The number of carbonyl (C=O) groups excluding carboxylic acids is 1. The number of piperidine rings is 2. The fourth-order valence-corrected chi connectivity index (χ4v) is 5.54. The summed E-state index contributed by atoms with van der Waals surface area (Å²) in [5.41, 5.74) is 0.546. The molecule has 1 aromatic rings. The number of nitriles is 1. The molecule has 0 saturated carbocycles. The van der Waals surface area contributed by atoms with Crippen molar-refractivity contribution >= 4 is 15.9 Å². The maximum atomic E-state index is 11.9. The topological polar surface area (TPSA) is 115 Å². The number of hydrogen-bond acceptors (Lipinski definition) is 7. The van der Waals surface area contributed by atoms with Gasteiger partial charge in [0.15, 0.2) is 0 Å². The Labute approximate surface area is 190 Å². The van der Waals surface area contributed by atoms with E-state index in [0.29, 0.717) is 42.8 Å². The van der Waals surface area contributed by atoms with Gasteiger partial charge in [0.1, 0.15) is 12.4 Å². The molecular weight excluding hydrogens is 430 g/mol. The number of hydrogen-bond donors (Lipinski definition) is 2. The zero-order chi connectivity index (χ0) is 23.1. The lowest BCUT2D eigenvalue weighted by molar-refractivity contribution is -0.123. The van der Waals surface area contributed by atoms with Crippen molar-refractivity contribution in [1.29, 1.82) is 5.26 Å². The maximum Gasteiger partial charge on any atom is 0.234 e. The first-order valence-corrected chi connectivity index (χ1v) is 12.9. The highest BCUT2D eigenvalue weighted by Crippen LogP contribution is 2.28. The van der Waals surface area contributed by atoms with E-state index >= 15 is 0 Å². The van der Waals surface area contributed by atoms with E-state index in [-0.39, 0.29) is 18.6 Å². The molecule has 10 heteroatoms. The van der Waals surface area contributed by atoms with E-state index in [0.717, 1.165) is 38.9 Å². The van der Waals surface area contributed by atoms with Gasteiger partial charge in [0.25, 0.3) is 0 Å². The fraction of sp³-hybridized carbons (Fsp3) is 0.636. The summed E-state index contributed by atoms with van der Waals surface area (Å²) in [6.07, 6.45) is 2.31. The summed E-state index contributed by atoms with van der Waals surface area (Å²) in [4.78, 5) is 16.5. The number of ether oxygens (including phenoxy) is 1. The van der Waals surface area contributed by atoms with E-state index in [1.54, 1.807) is 24.3 Å². The smallest absolute Gasteiger partial charge is 0.234 e. The highest BCUT2D eigenvalue weighted by Gasteiger charge is 2.35. The Bertz CT molecular complexity index is 901. The number of carbonyl (C=O) groups is 1. The van der Waals surface area contributed by atoms with E-state index in [1.807, 2.05) is 6.92 Å². The van der Waals surface area contributed by atoms with Crippen molar-refractivity contribution in [1.82, 2.24) is 19.8 Å². The first kappa shape index (κ1) is 24.5. The normalized spacial score (nSPS) is 22.7. The van der Waals surface area contributed by atoms with Gasteiger partial charge in [-0.1, -0.05) is 0 Å². The van der Waals surface area contributed by atoms with Crippen molar-refractivity contribution in [3.63, 3.8) is 0 Å². The van der Waals surface area contributed by atoms with Crippen LogP contribution in [0.25, 0.3) is 0 Å². The van der Waals surface area contributed by atoms with E-state index in [9.17, 15) is 13.2 Å². The molecule has 0 aliphatic carbocycles. The summed E-state index contributed by atoms with van der Waals surface area (Å²) < 4.78 is 32.3. The van der Waals surface area contributed by atoms with Crippen LogP contribution in [0.4, 0.5) is 0 Å². The van der Waals surface area contributed by atoms with Gasteiger partial charge in [0, 0.05) is 39.3 Å². The number of likely N-dealkylation sites (N-methyl/N-ethyl adjacent to an activating group) is 1. The minimum absolute atomic E-state index is 0.0710. The minimum atomic E-state index is -3.39. The van der Waals surface area contributed by atoms with Gasteiger partial charge >= 0.3 is 0 Å². The van der Waals surface area contributed by atoms with Crippen LogP contribution >= 0.6 is 0 Å². The third kappa shape index (κ3) is 7.74. The summed E-state index contributed by atoms with van der Waals surface area (Å²) >= 11 is 0. The maximum absolute atomic E-state index is 11.9. The van der Waals surface area contributed by atoms with Crippen LogP contribution in [0.2, 0.25) is 0 Å². The van der Waals surface area contributed by atoms with Crippen LogP contribution in [0.1, 0.15) is 18.9 Å². The number of nitrogens with one attached hydrogen (secondary N) is 2. The van der Waals surface area contributed by atoms with Gasteiger partial charge in [0.2, 0.25) is 15.9 Å². The Morgan fingerprint density at radius 2 is 1.81 bits per heavy atom. The average Bonchev–Trinajstić information content (AvgIpc) is 2.71. The zero-order valence-corrected chi connectivity index (χ0v) is 19.6. The number of likely N-dealkylation sites (tertiary alicyclic amines) is 2. The summed E-state index contributed by atoms with van der Waals surface area (Å²) in [6, 6.07) is 8.45. The second-order valence-electron chi connectivity index (χ2n) is 8.87. The SMILES string of the molecule is CCNC(=O)CN1CC2CC(C1)CN(CC(COc1ccc(C#N)cc1)NS(C)(=O)=O)C2. The van der Waals surface area contributed by atoms with Crippen molar-refractivity contribution in [2.45, 2.75) is 19.4 Å². The number of rotatable bonds is 10. The third-order valence-electron chi connectivity index (χ3n) is 5.77. The standard InChI is InChI=1S/C22H33N5O4S/c1-3-24-22(28)15-27-12-18-8-19(13-27)11-26(10-18)14-20(25-32(2,29)30)16-31-21-6-4-17(9-23)5-7-21/h4-7,18-20,25H,3,8,10-16H2,1-2H3,(H,24,28). The molecule has 0 aromatic heterocycles. The monoisotopic (exact) mass is 463 g/mol. The molecule has 0 radical (unpaired) electrons. The molecule has 2 N–H and O–H groups in total. The molecule has 2 fully saturated rings. The Hall–Kier alpha value is -2.19. The average molecular weight is 464 g/mol. The van der Waals surface area contributed by atoms with Crippen LogP contribution in [-0.4, -0.2) is 88.8 Å². The van der Waals surface area contributed by atoms with Crippen LogP contribution < -0.4 is 14.8 Å². The molecule has 3 atom stereocenters. The number of nitrogens with zero attached hydrogens (tertiary/aromatic N) is 3. The lowest BCUT2D eigenvalue weighted by Crippen LogP contribution is -2.57. The molecule has 2 aliphatic rings. The van der Waals surface area contributed by atoms with E-state index in [1.165, 1.54) is 0 Å². The molecule has 1 amide bonds. The zero-order valence-electron chi connectivity index (χ0n) is 18.8. The van der Waals surface area contributed by atoms with Crippen molar-refractivity contribution < 1.29 is 17.9 Å². The lowest BCUT2D eigenvalue weighted by atomic mass is 9.84. The number of benzene rings is 1. The van der Waals surface area contributed by atoms with Crippen LogP contribution in [-0.2, 0) is 14.8 Å². The van der Waals surface area contributed by atoms with Crippen molar-refractivity contribution in [3.05, 3.63) is 29.8 Å². The van der Waals surface area contributed by atoms with Crippen molar-refractivity contribution in [2.75, 3.05) is 58.7 Å². The Morgan fingerprint density at radius 1 is 1.19 bits per heavy atom. The predicted molar refractivity (Wildman–Crippen MR) is 122 cm³/mol. The van der Waals surface area contributed by atoms with E-state index in [2.05, 4.69) is 25.9 Å². The van der Waals surface area contributed by atoms with Crippen molar-refractivity contribution in [3.8, 4) is 11.8 Å². The first-order valence-electron chi connectivity index (χ1n) is 11.1. The lowest BCUT2D eigenvalue weighted by Gasteiger charge is -2.46. The molecule has 9 nitrogen and oxygen atoms in total. The summed E-state index contributed by atoms with van der Waals surface area (Å²) in [7, 11) is -3.39. The highest BCUT2D eigenvalue weighted by atomic mass is 32.2. The van der Waals surface area contributed by atoms with Crippen LogP contribution in [0, 0.1) is 23.2 Å². The van der Waals surface area contributed by atoms with Gasteiger partial charge in [0.05, 0.1) is 30.5 Å². The third-order valence-corrected chi connectivity index (χ3v) is 6.53. The second-order valence-corrected chi connectivity index (χ2v) is 10.6. The first-order chi connectivity index (χ1) is 15.2. The summed E-state index contributed by atoms with van der Waals surface area (Å²) in [5, 5.41) is 11.8. The van der Waals surface area contributed by atoms with Gasteiger partial charge in [-0.15, -0.1) is 0 Å². The van der Waals surface area contributed by atoms with Crippen LogP contribution in [0.3, 0.4) is 0 Å². The predicted octanol–water partition coefficient (Wildman–Crippen LogP) is 0.245. The quantitative estimate of drug-likeness (QED) is 0.511. The van der Waals surface area contributed by atoms with Crippen LogP contribution in [0.15, 0.2) is 24.3 Å². The van der Waals surface area contributed by atoms with Gasteiger partial charge in [-0.25, -0.2) is 13.1 Å². The largest absolute Gasteiger partial charge is 0.492 e. The molecule has 2 bridgehead atoms. The van der Waals surface area contributed by atoms with Gasteiger partial charge in [-0.2, -0.15) is 5.26 Å². The molecule has 32 heavy (non-hydrogen) atoms. The number of fused-ring (bicyclic) bond motifs is 2. The highest BCUT2D eigenvalue weighted by molar-refractivity contribution is 7.88. The van der Waals surface area contributed by atoms with Gasteiger partial charge in [-0.3, -0.25) is 9.69 Å². The minimum Gasteiger partial charge on any atom is -0.492 e. The van der Waals surface area contributed by atoms with Gasteiger partial charge in [-0.05, 0) is 49.4 Å². The Balaban J connectivity index is 1.56. The Kier molecular flexibility index (Phi) is 8.48. The second kappa shape index (κ2) is 11.1. The molecule has 1 aromatic carbocycles. The summed E-state index contributed by atoms with van der Waals surface area (Å²) in [5.74, 6) is 1.60. The Morgan fingerprint density at radius 3 is 2.38 bits per heavy atom. The molecule has 3 unspecified atom stereocenters. The number of sulfonamides is 1. The molecule has 176 valence electrons. The van der Waals surface area contributed by atoms with Gasteiger partial charge < -0.3 is 15.0 Å².